The lowest BCUT2D eigenvalue weighted by atomic mass is 10.0. The quantitative estimate of drug-likeness (QED) is 0.652. The molecule has 0 aliphatic carbocycles. The van der Waals surface area contributed by atoms with Gasteiger partial charge in [-0.1, -0.05) is 0 Å². The van der Waals surface area contributed by atoms with Gasteiger partial charge in [0, 0.05) is 12.1 Å². The van der Waals surface area contributed by atoms with E-state index < -0.39 is 0 Å². The Morgan fingerprint density at radius 2 is 2.18 bits per heavy atom. The average Bonchev–Trinajstić information content (AvgIpc) is 2.10. The number of hydrogen-bond acceptors (Lipinski definition) is 2. The molecule has 0 spiro atoms. The highest BCUT2D eigenvalue weighted by Gasteiger charge is 2.31. The van der Waals surface area contributed by atoms with Crippen LogP contribution in [0.5, 0.6) is 0 Å². The minimum absolute atomic E-state index is 0.188. The zero-order valence-corrected chi connectivity index (χ0v) is 7.80. The molecule has 11 heavy (non-hydrogen) atoms. The Morgan fingerprint density at radius 3 is 2.55 bits per heavy atom. The molecule has 66 valence electrons. The third kappa shape index (κ3) is 2.17. The minimum atomic E-state index is -0.188. The third-order valence-corrected chi connectivity index (χ3v) is 2.56. The highest BCUT2D eigenvalue weighted by Crippen LogP contribution is 2.27. The molecule has 2 nitrogen and oxygen atoms in total. The van der Waals surface area contributed by atoms with Crippen LogP contribution in [-0.2, 0) is 0 Å². The Balaban J connectivity index is 2.45. The van der Waals surface area contributed by atoms with E-state index in [9.17, 15) is 5.11 Å². The third-order valence-electron chi connectivity index (χ3n) is 2.56. The fourth-order valence-electron chi connectivity index (χ4n) is 1.82. The molecule has 1 unspecified atom stereocenters. The van der Waals surface area contributed by atoms with Gasteiger partial charge in [0.15, 0.2) is 0 Å². The van der Waals surface area contributed by atoms with E-state index in [1.807, 2.05) is 6.92 Å². The SMILES string of the molecule is CC(O)CN1CCCC1(C)C. The average molecular weight is 157 g/mol. The van der Waals surface area contributed by atoms with E-state index >= 15 is 0 Å². The van der Waals surface area contributed by atoms with Gasteiger partial charge in [-0.15, -0.1) is 0 Å². The van der Waals surface area contributed by atoms with Gasteiger partial charge in [-0.05, 0) is 40.2 Å². The summed E-state index contributed by atoms with van der Waals surface area (Å²) < 4.78 is 0. The maximum Gasteiger partial charge on any atom is 0.0639 e. The molecule has 1 rings (SSSR count). The molecular weight excluding hydrogens is 138 g/mol. The Hall–Kier alpha value is -0.0800. The van der Waals surface area contributed by atoms with Crippen molar-refractivity contribution >= 4 is 0 Å². The number of aliphatic hydroxyl groups excluding tert-OH is 1. The van der Waals surface area contributed by atoms with Gasteiger partial charge in [-0.2, -0.15) is 0 Å². The van der Waals surface area contributed by atoms with Crippen molar-refractivity contribution in [2.75, 3.05) is 13.1 Å². The molecule has 0 radical (unpaired) electrons. The second-order valence-corrected chi connectivity index (χ2v) is 4.21. The van der Waals surface area contributed by atoms with Crippen molar-refractivity contribution in [2.24, 2.45) is 0 Å². The second-order valence-electron chi connectivity index (χ2n) is 4.21. The summed E-state index contributed by atoms with van der Waals surface area (Å²) in [4.78, 5) is 2.37. The zero-order valence-electron chi connectivity index (χ0n) is 7.80. The summed E-state index contributed by atoms with van der Waals surface area (Å²) in [5.41, 5.74) is 0.316. The van der Waals surface area contributed by atoms with E-state index in [-0.39, 0.29) is 6.10 Å². The van der Waals surface area contributed by atoms with Crippen LogP contribution in [0.15, 0.2) is 0 Å². The summed E-state index contributed by atoms with van der Waals surface area (Å²) in [6.07, 6.45) is 2.35. The number of β-amino-alcohol motifs (C(OH)–C–C–N with tert-alkyl or cyclic N) is 1. The van der Waals surface area contributed by atoms with Crippen molar-refractivity contribution < 1.29 is 5.11 Å². The summed E-state index contributed by atoms with van der Waals surface area (Å²) in [6.45, 7) is 8.34. The number of nitrogens with zero attached hydrogens (tertiary/aromatic N) is 1. The highest BCUT2D eigenvalue weighted by atomic mass is 16.3. The van der Waals surface area contributed by atoms with Crippen LogP contribution in [-0.4, -0.2) is 34.7 Å². The maximum atomic E-state index is 9.20. The summed E-state index contributed by atoms with van der Waals surface area (Å²) in [6, 6.07) is 0. The van der Waals surface area contributed by atoms with Gasteiger partial charge in [0.2, 0.25) is 0 Å². The van der Waals surface area contributed by atoms with Crippen molar-refractivity contribution in [3.05, 3.63) is 0 Å². The van der Waals surface area contributed by atoms with Crippen LogP contribution >= 0.6 is 0 Å². The maximum absolute atomic E-state index is 9.20. The van der Waals surface area contributed by atoms with E-state index in [4.69, 9.17) is 0 Å². The molecule has 1 N–H and O–H groups in total. The molecule has 1 heterocycles. The van der Waals surface area contributed by atoms with Crippen LogP contribution in [0.1, 0.15) is 33.6 Å². The van der Waals surface area contributed by atoms with Gasteiger partial charge in [0.25, 0.3) is 0 Å². The summed E-state index contributed by atoms with van der Waals surface area (Å²) in [7, 11) is 0. The molecule has 0 bridgehead atoms. The predicted octanol–water partition coefficient (Wildman–Crippen LogP) is 1.24. The monoisotopic (exact) mass is 157 g/mol. The van der Waals surface area contributed by atoms with Crippen LogP contribution in [0.4, 0.5) is 0 Å². The second kappa shape index (κ2) is 3.11. The molecule has 1 saturated heterocycles. The van der Waals surface area contributed by atoms with Crippen molar-refractivity contribution in [3.8, 4) is 0 Å². The normalized spacial score (nSPS) is 27.3. The van der Waals surface area contributed by atoms with Crippen molar-refractivity contribution in [3.63, 3.8) is 0 Å². The summed E-state index contributed by atoms with van der Waals surface area (Å²) in [5, 5.41) is 9.20. The lowest BCUT2D eigenvalue weighted by Crippen LogP contribution is -2.41. The smallest absolute Gasteiger partial charge is 0.0639 e. The molecule has 1 aliphatic rings. The molecule has 2 heteroatoms. The Kier molecular flexibility index (Phi) is 2.55. The van der Waals surface area contributed by atoms with E-state index in [2.05, 4.69) is 18.7 Å². The minimum Gasteiger partial charge on any atom is -0.392 e. The zero-order chi connectivity index (χ0) is 8.48. The first-order valence-corrected chi connectivity index (χ1v) is 4.45. The van der Waals surface area contributed by atoms with Crippen LogP contribution in [0.3, 0.4) is 0 Å². The lowest BCUT2D eigenvalue weighted by molar-refractivity contribution is 0.0884. The molecule has 0 aromatic rings. The van der Waals surface area contributed by atoms with Gasteiger partial charge in [-0.3, -0.25) is 4.90 Å². The van der Waals surface area contributed by atoms with E-state index in [0.29, 0.717) is 5.54 Å². The molecule has 1 atom stereocenters. The van der Waals surface area contributed by atoms with Gasteiger partial charge < -0.3 is 5.11 Å². The molecule has 0 amide bonds. The summed E-state index contributed by atoms with van der Waals surface area (Å²) in [5.74, 6) is 0. The Morgan fingerprint density at radius 1 is 1.55 bits per heavy atom. The first kappa shape index (κ1) is 9.01. The number of hydrogen-bond donors (Lipinski definition) is 1. The topological polar surface area (TPSA) is 23.5 Å². The van der Waals surface area contributed by atoms with Crippen LogP contribution in [0.25, 0.3) is 0 Å². The fraction of sp³-hybridized carbons (Fsp3) is 1.00. The van der Waals surface area contributed by atoms with Gasteiger partial charge in [0.1, 0.15) is 0 Å². The van der Waals surface area contributed by atoms with Crippen LogP contribution < -0.4 is 0 Å². The Labute approximate surface area is 69.2 Å². The van der Waals surface area contributed by atoms with E-state index in [0.717, 1.165) is 13.1 Å². The molecule has 0 saturated carbocycles. The van der Waals surface area contributed by atoms with Gasteiger partial charge >= 0.3 is 0 Å². The molecule has 0 aromatic heterocycles. The van der Waals surface area contributed by atoms with E-state index in [1.165, 1.54) is 12.8 Å². The lowest BCUT2D eigenvalue weighted by Gasteiger charge is -2.32. The highest BCUT2D eigenvalue weighted by molar-refractivity contribution is 4.88. The largest absolute Gasteiger partial charge is 0.392 e. The first-order chi connectivity index (χ1) is 5.02. The molecule has 0 aromatic carbocycles. The predicted molar refractivity (Wildman–Crippen MR) is 46.6 cm³/mol. The van der Waals surface area contributed by atoms with Crippen molar-refractivity contribution in [2.45, 2.75) is 45.3 Å². The van der Waals surface area contributed by atoms with Crippen molar-refractivity contribution in [1.29, 1.82) is 0 Å². The molecule has 1 fully saturated rings. The summed E-state index contributed by atoms with van der Waals surface area (Å²) >= 11 is 0. The van der Waals surface area contributed by atoms with Crippen LogP contribution in [0.2, 0.25) is 0 Å². The molecule has 1 aliphatic heterocycles. The van der Waals surface area contributed by atoms with Crippen LogP contribution in [0, 0.1) is 0 Å². The van der Waals surface area contributed by atoms with E-state index in [1.54, 1.807) is 0 Å². The number of aliphatic hydroxyl groups is 1. The van der Waals surface area contributed by atoms with Gasteiger partial charge in [-0.25, -0.2) is 0 Å². The standard InChI is InChI=1S/C9H19NO/c1-8(11)7-10-6-4-5-9(10,2)3/h8,11H,4-7H2,1-3H3. The first-order valence-electron chi connectivity index (χ1n) is 4.45. The Bertz CT molecular complexity index is 132. The number of likely N-dealkylation sites (tertiary alicyclic amines) is 1. The van der Waals surface area contributed by atoms with Gasteiger partial charge in [0.05, 0.1) is 6.10 Å². The fourth-order valence-corrected chi connectivity index (χ4v) is 1.82. The molecular formula is C9H19NO. The van der Waals surface area contributed by atoms with Crippen molar-refractivity contribution in [1.82, 2.24) is 4.90 Å². The number of rotatable bonds is 2.